The van der Waals surface area contributed by atoms with Gasteiger partial charge < -0.3 is 72.5 Å². The molecule has 2 heterocycles. The molecule has 11 N–H and O–H groups in total. The second-order valence-electron chi connectivity index (χ2n) is 25.0. The summed E-state index contributed by atoms with van der Waals surface area (Å²) in [4.78, 5) is 148. The van der Waals surface area contributed by atoms with E-state index >= 15 is 0 Å². The van der Waals surface area contributed by atoms with Crippen LogP contribution in [0.5, 0.6) is 0 Å². The van der Waals surface area contributed by atoms with Gasteiger partial charge in [-0.15, -0.1) is 0 Å². The number of likely N-dealkylation sites (tertiary alicyclic amines) is 1. The van der Waals surface area contributed by atoms with E-state index in [1.807, 2.05) is 32.0 Å². The van der Waals surface area contributed by atoms with Crippen molar-refractivity contribution < 1.29 is 72.1 Å². The Hall–Kier alpha value is -7.97. The molecular weight excluding hydrogens is 1190 g/mol. The van der Waals surface area contributed by atoms with Crippen LogP contribution < -0.4 is 48.3 Å². The van der Waals surface area contributed by atoms with Crippen molar-refractivity contribution in [3.05, 3.63) is 77.9 Å². The average Bonchev–Trinajstić information content (AvgIpc) is 1.62. The quantitative estimate of drug-likeness (QED) is 0.0329. The van der Waals surface area contributed by atoms with Gasteiger partial charge in [-0.25, -0.2) is 9.59 Å². The van der Waals surface area contributed by atoms with Crippen molar-refractivity contribution in [2.75, 3.05) is 39.2 Å². The molecule has 0 radical (unpaired) electrons. The fourth-order valence-electron chi connectivity index (χ4n) is 11.2. The SMILES string of the molecule is CC[C@H](C)[C@H](NC(=O)[C@@H](NC(=O)[C@@H](NC(=O)OCc1ccc(NC(=O)[C@H](CCCNC(N)=O)NC(=O)[C@@H](NC(=O)CCCCCN2C(=O)C=CC2=O)C(C)C)cc1)C(C)C)C(C)C)[C@@H](CC(=O)N1CCC[C@H]1[C@H](OC)[C@@H](C)C(=O)N[C@H](C)C(O)c1ccccc1)OC. The molecule has 2 aliphatic heterocycles. The van der Waals surface area contributed by atoms with Gasteiger partial charge in [0.2, 0.25) is 41.4 Å². The number of hydrogen-bond donors (Lipinski definition) is 10. The number of aliphatic hydroxyl groups is 1. The molecule has 0 aromatic heterocycles. The van der Waals surface area contributed by atoms with Crippen LogP contribution in [0.15, 0.2) is 66.7 Å². The Balaban J connectivity index is 1.33. The number of unbranched alkanes of at least 4 members (excludes halogenated alkanes) is 2. The first-order chi connectivity index (χ1) is 43.6. The number of aliphatic hydroxyl groups excluding tert-OH is 1. The number of rotatable bonds is 38. The molecule has 0 saturated carbocycles. The van der Waals surface area contributed by atoms with Gasteiger partial charge >= 0.3 is 12.1 Å². The first kappa shape index (κ1) is 76.5. The molecule has 1 unspecified atom stereocenters. The average molecular weight is 1290 g/mol. The third-order valence-corrected chi connectivity index (χ3v) is 16.9. The second-order valence-corrected chi connectivity index (χ2v) is 25.0. The lowest BCUT2D eigenvalue weighted by Gasteiger charge is -2.37. The Morgan fingerprint density at radius 1 is 0.674 bits per heavy atom. The summed E-state index contributed by atoms with van der Waals surface area (Å²) in [5.41, 5.74) is 6.74. The third kappa shape index (κ3) is 23.6. The number of carbonyl (C=O) groups is 11. The Morgan fingerprint density at radius 3 is 1.86 bits per heavy atom. The smallest absolute Gasteiger partial charge is 0.408 e. The predicted molar refractivity (Wildman–Crippen MR) is 344 cm³/mol. The minimum Gasteiger partial charge on any atom is -0.445 e. The van der Waals surface area contributed by atoms with E-state index in [0.29, 0.717) is 61.9 Å². The zero-order valence-electron chi connectivity index (χ0n) is 55.5. The number of alkyl carbamates (subject to hydrolysis) is 1. The number of urea groups is 1. The van der Waals surface area contributed by atoms with Crippen LogP contribution in [-0.2, 0) is 64.0 Å². The van der Waals surface area contributed by atoms with Crippen LogP contribution in [-0.4, -0.2) is 169 Å². The molecule has 26 heteroatoms. The summed E-state index contributed by atoms with van der Waals surface area (Å²) in [5.74, 6) is -6.21. The number of ether oxygens (including phenoxy) is 3. The van der Waals surface area contributed by atoms with Gasteiger partial charge in [0.25, 0.3) is 11.8 Å². The number of anilines is 1. The van der Waals surface area contributed by atoms with Crippen LogP contribution in [0.3, 0.4) is 0 Å². The highest BCUT2D eigenvalue weighted by atomic mass is 16.5. The summed E-state index contributed by atoms with van der Waals surface area (Å²) >= 11 is 0. The van der Waals surface area contributed by atoms with E-state index in [9.17, 15) is 57.8 Å². The Bertz CT molecular complexity index is 2800. The molecule has 2 aliphatic rings. The molecule has 12 atom stereocenters. The van der Waals surface area contributed by atoms with E-state index in [2.05, 4.69) is 42.5 Å². The van der Waals surface area contributed by atoms with Crippen LogP contribution in [0.2, 0.25) is 0 Å². The Kier molecular flexibility index (Phi) is 31.7. The highest BCUT2D eigenvalue weighted by molar-refractivity contribution is 6.12. The minimum absolute atomic E-state index is 0.0834. The maximum atomic E-state index is 14.4. The molecule has 92 heavy (non-hydrogen) atoms. The molecule has 0 spiro atoms. The van der Waals surface area contributed by atoms with Gasteiger partial charge in [-0.1, -0.05) is 118 Å². The number of benzene rings is 2. The molecule has 1 fully saturated rings. The van der Waals surface area contributed by atoms with E-state index in [1.54, 1.807) is 96.7 Å². The molecule has 26 nitrogen and oxygen atoms in total. The normalized spacial score (nSPS) is 17.5. The van der Waals surface area contributed by atoms with Gasteiger partial charge in [0.1, 0.15) is 30.8 Å². The first-order valence-corrected chi connectivity index (χ1v) is 32.1. The lowest BCUT2D eigenvalue weighted by atomic mass is 9.90. The molecule has 0 bridgehead atoms. The zero-order valence-corrected chi connectivity index (χ0v) is 55.5. The van der Waals surface area contributed by atoms with Gasteiger partial charge in [-0.3, -0.25) is 48.1 Å². The molecule has 12 amide bonds. The van der Waals surface area contributed by atoms with Crippen molar-refractivity contribution >= 4 is 71.0 Å². The summed E-state index contributed by atoms with van der Waals surface area (Å²) in [6.07, 6.45) is 2.80. The number of nitrogens with one attached hydrogen (secondary N) is 8. The predicted octanol–water partition coefficient (Wildman–Crippen LogP) is 4.39. The maximum Gasteiger partial charge on any atom is 0.408 e. The van der Waals surface area contributed by atoms with E-state index in [0.717, 1.165) is 4.90 Å². The van der Waals surface area contributed by atoms with E-state index < -0.39 is 120 Å². The van der Waals surface area contributed by atoms with Crippen LogP contribution in [0.25, 0.3) is 0 Å². The van der Waals surface area contributed by atoms with E-state index in [1.165, 1.54) is 26.4 Å². The van der Waals surface area contributed by atoms with Gasteiger partial charge in [0, 0.05) is 58.1 Å². The third-order valence-electron chi connectivity index (χ3n) is 16.9. The minimum atomic E-state index is -1.14. The van der Waals surface area contributed by atoms with Gasteiger partial charge in [0.05, 0.1) is 48.8 Å². The lowest BCUT2D eigenvalue weighted by molar-refractivity contribution is -0.143. The highest BCUT2D eigenvalue weighted by Crippen LogP contribution is 2.29. The number of primary amides is 1. The maximum absolute atomic E-state index is 14.4. The first-order valence-electron chi connectivity index (χ1n) is 32.1. The topological polar surface area (TPSA) is 364 Å². The molecule has 1 saturated heterocycles. The lowest BCUT2D eigenvalue weighted by Crippen LogP contribution is -2.60. The van der Waals surface area contributed by atoms with Crippen LogP contribution >= 0.6 is 0 Å². The zero-order chi connectivity index (χ0) is 68.4. The van der Waals surface area contributed by atoms with Gasteiger partial charge in [-0.2, -0.15) is 0 Å². The molecule has 2 aromatic carbocycles. The molecule has 510 valence electrons. The number of amides is 12. The van der Waals surface area contributed by atoms with Gasteiger partial charge in [-0.05, 0) is 92.4 Å². The number of methoxy groups -OCH3 is 2. The van der Waals surface area contributed by atoms with Crippen molar-refractivity contribution in [1.82, 2.24) is 47.0 Å². The molecule has 4 rings (SSSR count). The highest BCUT2D eigenvalue weighted by Gasteiger charge is 2.43. The largest absolute Gasteiger partial charge is 0.445 e. The van der Waals surface area contributed by atoms with Crippen LogP contribution in [0.1, 0.15) is 151 Å². The van der Waals surface area contributed by atoms with Gasteiger partial charge in [0.15, 0.2) is 0 Å². The summed E-state index contributed by atoms with van der Waals surface area (Å²) in [7, 11) is 2.98. The fourth-order valence-corrected chi connectivity index (χ4v) is 11.2. The van der Waals surface area contributed by atoms with Crippen LogP contribution in [0, 0.1) is 29.6 Å². The number of nitrogens with zero attached hydrogens (tertiary/aromatic N) is 2. The number of nitrogens with two attached hydrogens (primary N) is 1. The van der Waals surface area contributed by atoms with Crippen LogP contribution in [0.4, 0.5) is 15.3 Å². The molecule has 0 aliphatic carbocycles. The van der Waals surface area contributed by atoms with E-state index in [-0.39, 0.29) is 80.8 Å². The Labute approximate surface area is 541 Å². The summed E-state index contributed by atoms with van der Waals surface area (Å²) in [6, 6.07) is 8.55. The standard InChI is InChI=1S/C66H101N11O15/c1-13-41(8)57(49(90-11)36-53(81)76-35-21-25-48(76)59(91-12)42(9)60(83)69-43(10)58(82)45-22-16-14-17-23-45)74-63(86)55(39(4)5)73-64(87)56(40(6)7)75-66(89)92-37-44-27-29-46(30-28-44)70-61(84)47(24-20-33-68-65(67)88)71-62(85)54(38(2)3)72-50(78)26-18-15-19-34-77-51(79)31-32-52(77)80/h14,16-17,22-23,27-32,38-43,47-49,54-59,82H,13,15,18-21,24-26,33-37H2,1-12H3,(H,69,83)(H,70,84)(H,71,85)(H,72,78)(H,73,87)(H,74,86)(H,75,89)(H3,67,68,88)/t41-,42+,43+,47-,48-,49+,54-,55-,56-,57-,58?,59+/m0/s1. The van der Waals surface area contributed by atoms with Crippen molar-refractivity contribution in [3.63, 3.8) is 0 Å². The number of imide groups is 1. The summed E-state index contributed by atoms with van der Waals surface area (Å²) in [5, 5.41) is 33.1. The molecule has 2 aromatic rings. The Morgan fingerprint density at radius 2 is 1.27 bits per heavy atom. The van der Waals surface area contributed by atoms with Crippen molar-refractivity contribution in [2.45, 2.75) is 201 Å². The number of carbonyl (C=O) groups excluding carboxylic acids is 11. The van der Waals surface area contributed by atoms with Crippen molar-refractivity contribution in [3.8, 4) is 0 Å². The summed E-state index contributed by atoms with van der Waals surface area (Å²) < 4.78 is 17.4. The van der Waals surface area contributed by atoms with Crippen molar-refractivity contribution in [1.29, 1.82) is 0 Å². The van der Waals surface area contributed by atoms with E-state index in [4.69, 9.17) is 19.9 Å². The fraction of sp³-hybridized carbons (Fsp3) is 0.621. The van der Waals surface area contributed by atoms with Crippen molar-refractivity contribution in [2.24, 2.45) is 35.3 Å². The summed E-state index contributed by atoms with van der Waals surface area (Å²) in [6.45, 7) is 18.4. The number of hydrogen-bond acceptors (Lipinski definition) is 15. The second kappa shape index (κ2) is 38.1. The monoisotopic (exact) mass is 1290 g/mol. The molecular formula is C66H101N11O15.